The summed E-state index contributed by atoms with van der Waals surface area (Å²) in [6.45, 7) is 0.991. The average molecular weight is 255 g/mol. The Morgan fingerprint density at radius 1 is 1.26 bits per heavy atom. The van der Waals surface area contributed by atoms with Gasteiger partial charge in [-0.05, 0) is 24.3 Å². The van der Waals surface area contributed by atoms with Gasteiger partial charge in [0.05, 0.1) is 12.2 Å². The zero-order chi connectivity index (χ0) is 13.2. The van der Waals surface area contributed by atoms with E-state index < -0.39 is 0 Å². The second-order valence-electron chi connectivity index (χ2n) is 4.27. The number of hydrogen-bond acceptors (Lipinski definition) is 4. The number of nitrogen functional groups attached to an aromatic ring is 1. The monoisotopic (exact) mass is 255 g/mol. The van der Waals surface area contributed by atoms with Gasteiger partial charge in [-0.15, -0.1) is 0 Å². The number of fused-ring (bicyclic) bond motifs is 1. The molecule has 5 heteroatoms. The molecule has 1 aliphatic heterocycles. The number of pyridine rings is 1. The van der Waals surface area contributed by atoms with Crippen molar-refractivity contribution in [2.24, 2.45) is 0 Å². The Bertz CT molecular complexity index is 613. The Labute approximate surface area is 110 Å². The van der Waals surface area contributed by atoms with Crippen LogP contribution in [0, 0.1) is 0 Å². The molecule has 1 amide bonds. The Balaban J connectivity index is 1.98. The summed E-state index contributed by atoms with van der Waals surface area (Å²) in [5.74, 6) is 0.588. The molecule has 0 unspecified atom stereocenters. The summed E-state index contributed by atoms with van der Waals surface area (Å²) in [4.78, 5) is 18.1. The fourth-order valence-electron chi connectivity index (χ4n) is 2.10. The summed E-state index contributed by atoms with van der Waals surface area (Å²) >= 11 is 0. The number of carbonyl (C=O) groups is 1. The largest absolute Gasteiger partial charge is 0.489 e. The minimum absolute atomic E-state index is 0.0586. The lowest BCUT2D eigenvalue weighted by Gasteiger charge is -2.29. The van der Waals surface area contributed by atoms with E-state index in [1.807, 2.05) is 6.07 Å². The molecule has 0 aliphatic carbocycles. The molecule has 0 saturated carbocycles. The molecule has 3 rings (SSSR count). The Morgan fingerprint density at radius 3 is 2.84 bits per heavy atom. The van der Waals surface area contributed by atoms with E-state index in [2.05, 4.69) is 4.98 Å². The van der Waals surface area contributed by atoms with Crippen molar-refractivity contribution in [1.29, 1.82) is 0 Å². The summed E-state index contributed by atoms with van der Waals surface area (Å²) in [5, 5.41) is 0. The number of ether oxygens (including phenoxy) is 1. The molecule has 0 atom stereocenters. The lowest BCUT2D eigenvalue weighted by Crippen LogP contribution is -2.37. The van der Waals surface area contributed by atoms with Gasteiger partial charge in [-0.1, -0.05) is 0 Å². The van der Waals surface area contributed by atoms with Gasteiger partial charge in [0.15, 0.2) is 0 Å². The summed E-state index contributed by atoms with van der Waals surface area (Å²) in [6.07, 6.45) is 3.22. The molecule has 0 radical (unpaired) electrons. The molecule has 2 aromatic rings. The van der Waals surface area contributed by atoms with Gasteiger partial charge in [0, 0.05) is 29.7 Å². The van der Waals surface area contributed by atoms with Crippen LogP contribution in [0.2, 0.25) is 0 Å². The number of anilines is 2. The van der Waals surface area contributed by atoms with Gasteiger partial charge in [-0.2, -0.15) is 0 Å². The van der Waals surface area contributed by atoms with Crippen LogP contribution in [0.5, 0.6) is 5.75 Å². The van der Waals surface area contributed by atoms with E-state index >= 15 is 0 Å². The molecule has 0 fully saturated rings. The molecule has 96 valence electrons. The van der Waals surface area contributed by atoms with E-state index in [0.717, 1.165) is 5.69 Å². The van der Waals surface area contributed by atoms with Crippen molar-refractivity contribution >= 4 is 17.3 Å². The first-order valence-corrected chi connectivity index (χ1v) is 6.00. The molecule has 2 N–H and O–H groups in total. The number of nitrogens with zero attached hydrogens (tertiary/aromatic N) is 2. The number of hydrogen-bond donors (Lipinski definition) is 1. The van der Waals surface area contributed by atoms with E-state index in [4.69, 9.17) is 10.5 Å². The average Bonchev–Trinajstić information content (AvgIpc) is 2.46. The maximum absolute atomic E-state index is 12.5. The van der Waals surface area contributed by atoms with E-state index in [-0.39, 0.29) is 5.91 Å². The van der Waals surface area contributed by atoms with Crippen molar-refractivity contribution in [2.75, 3.05) is 23.8 Å². The first-order valence-electron chi connectivity index (χ1n) is 6.00. The summed E-state index contributed by atoms with van der Waals surface area (Å²) in [7, 11) is 0. The number of aromatic nitrogens is 1. The van der Waals surface area contributed by atoms with Gasteiger partial charge in [-0.3, -0.25) is 9.78 Å². The second kappa shape index (κ2) is 4.61. The Morgan fingerprint density at radius 2 is 2.05 bits per heavy atom. The van der Waals surface area contributed by atoms with Crippen LogP contribution in [-0.4, -0.2) is 24.0 Å². The first-order chi connectivity index (χ1) is 9.25. The second-order valence-corrected chi connectivity index (χ2v) is 4.27. The smallest absolute Gasteiger partial charge is 0.258 e. The van der Waals surface area contributed by atoms with Crippen LogP contribution in [0.4, 0.5) is 11.4 Å². The van der Waals surface area contributed by atoms with Crippen molar-refractivity contribution in [2.45, 2.75) is 0 Å². The highest BCUT2D eigenvalue weighted by Crippen LogP contribution is 2.33. The Hall–Kier alpha value is -2.56. The fraction of sp³-hybridized carbons (Fsp3) is 0.143. The molecule has 1 aliphatic rings. The zero-order valence-corrected chi connectivity index (χ0v) is 10.2. The molecule has 0 bridgehead atoms. The minimum Gasteiger partial charge on any atom is -0.489 e. The van der Waals surface area contributed by atoms with Gasteiger partial charge in [-0.25, -0.2) is 0 Å². The number of amides is 1. The van der Waals surface area contributed by atoms with Gasteiger partial charge in [0.2, 0.25) is 0 Å². The molecule has 0 saturated heterocycles. The predicted octanol–water partition coefficient (Wildman–Crippen LogP) is 1.70. The van der Waals surface area contributed by atoms with Crippen LogP contribution in [-0.2, 0) is 0 Å². The van der Waals surface area contributed by atoms with Gasteiger partial charge >= 0.3 is 0 Å². The fourth-order valence-corrected chi connectivity index (χ4v) is 2.10. The molecule has 5 nitrogen and oxygen atoms in total. The highest BCUT2D eigenvalue weighted by atomic mass is 16.5. The predicted molar refractivity (Wildman–Crippen MR) is 72.3 cm³/mol. The minimum atomic E-state index is -0.0586. The van der Waals surface area contributed by atoms with Gasteiger partial charge < -0.3 is 15.4 Å². The van der Waals surface area contributed by atoms with E-state index in [1.54, 1.807) is 41.6 Å². The van der Waals surface area contributed by atoms with Crippen molar-refractivity contribution in [1.82, 2.24) is 4.98 Å². The van der Waals surface area contributed by atoms with Gasteiger partial charge in [0.1, 0.15) is 12.4 Å². The molecule has 1 aromatic carbocycles. The number of nitrogens with two attached hydrogens (primary N) is 1. The third-order valence-corrected chi connectivity index (χ3v) is 3.02. The topological polar surface area (TPSA) is 68.5 Å². The lowest BCUT2D eigenvalue weighted by atomic mass is 10.1. The van der Waals surface area contributed by atoms with Crippen LogP contribution < -0.4 is 15.4 Å². The number of carbonyl (C=O) groups excluding carboxylic acids is 1. The summed E-state index contributed by atoms with van der Waals surface area (Å²) in [6, 6.07) is 8.72. The van der Waals surface area contributed by atoms with Gasteiger partial charge in [0.25, 0.3) is 5.91 Å². The first kappa shape index (κ1) is 11.5. The van der Waals surface area contributed by atoms with Crippen LogP contribution in [0.1, 0.15) is 10.4 Å². The normalized spacial score (nSPS) is 13.6. The highest BCUT2D eigenvalue weighted by molar-refractivity contribution is 6.07. The SMILES string of the molecule is Nc1ccc2c(c1)OCCN2C(=O)c1ccncc1. The molecular weight excluding hydrogens is 242 g/mol. The zero-order valence-electron chi connectivity index (χ0n) is 10.2. The standard InChI is InChI=1S/C14H13N3O2/c15-11-1-2-12-13(9-11)19-8-7-17(12)14(18)10-3-5-16-6-4-10/h1-6,9H,7-8,15H2. The maximum atomic E-state index is 12.5. The molecule has 2 heterocycles. The van der Waals surface area contributed by atoms with Crippen molar-refractivity contribution in [3.8, 4) is 5.75 Å². The Kier molecular flexibility index (Phi) is 2.79. The molecule has 19 heavy (non-hydrogen) atoms. The van der Waals surface area contributed by atoms with E-state index in [0.29, 0.717) is 30.2 Å². The van der Waals surface area contributed by atoms with Crippen LogP contribution in [0.25, 0.3) is 0 Å². The van der Waals surface area contributed by atoms with Crippen LogP contribution in [0.15, 0.2) is 42.7 Å². The van der Waals surface area contributed by atoms with Crippen molar-refractivity contribution in [3.63, 3.8) is 0 Å². The number of rotatable bonds is 1. The van der Waals surface area contributed by atoms with Crippen molar-refractivity contribution in [3.05, 3.63) is 48.3 Å². The molecular formula is C14H13N3O2. The van der Waals surface area contributed by atoms with E-state index in [1.165, 1.54) is 0 Å². The number of benzene rings is 1. The van der Waals surface area contributed by atoms with Crippen LogP contribution in [0.3, 0.4) is 0 Å². The lowest BCUT2D eigenvalue weighted by molar-refractivity contribution is 0.0976. The maximum Gasteiger partial charge on any atom is 0.258 e. The summed E-state index contributed by atoms with van der Waals surface area (Å²) < 4.78 is 5.53. The van der Waals surface area contributed by atoms with Crippen molar-refractivity contribution < 1.29 is 9.53 Å². The quantitative estimate of drug-likeness (QED) is 0.787. The molecule has 1 aromatic heterocycles. The third kappa shape index (κ3) is 2.10. The highest BCUT2D eigenvalue weighted by Gasteiger charge is 2.24. The molecule has 0 spiro atoms. The third-order valence-electron chi connectivity index (χ3n) is 3.02. The van der Waals surface area contributed by atoms with E-state index in [9.17, 15) is 4.79 Å². The summed E-state index contributed by atoms with van der Waals surface area (Å²) in [5.41, 5.74) is 7.71. The van der Waals surface area contributed by atoms with Crippen LogP contribution >= 0.6 is 0 Å².